The molecule has 1 amide bonds. The van der Waals surface area contributed by atoms with Crippen LogP contribution >= 0.6 is 0 Å². The predicted octanol–water partition coefficient (Wildman–Crippen LogP) is -0.228. The summed E-state index contributed by atoms with van der Waals surface area (Å²) in [5.41, 5.74) is 0.888. The Bertz CT molecular complexity index is 549. The van der Waals surface area contributed by atoms with Crippen LogP contribution in [0.15, 0.2) is 12.3 Å². The van der Waals surface area contributed by atoms with Crippen molar-refractivity contribution in [3.8, 4) is 0 Å². The van der Waals surface area contributed by atoms with E-state index in [9.17, 15) is 4.79 Å². The predicted molar refractivity (Wildman–Crippen MR) is 66.4 cm³/mol. The molecule has 2 rings (SSSR count). The van der Waals surface area contributed by atoms with Gasteiger partial charge < -0.3 is 10.6 Å². The summed E-state index contributed by atoms with van der Waals surface area (Å²) in [5, 5.41) is 9.99. The molecule has 7 heteroatoms. The van der Waals surface area contributed by atoms with Crippen molar-refractivity contribution in [2.24, 2.45) is 0 Å². The van der Waals surface area contributed by atoms with Gasteiger partial charge in [0, 0.05) is 25.0 Å². The summed E-state index contributed by atoms with van der Waals surface area (Å²) in [5.74, 6) is 0.304. The maximum absolute atomic E-state index is 11.8. The van der Waals surface area contributed by atoms with E-state index in [1.807, 2.05) is 19.9 Å². The van der Waals surface area contributed by atoms with E-state index in [1.165, 1.54) is 0 Å². The molecule has 7 nitrogen and oxygen atoms in total. The normalized spacial score (nSPS) is 10.8. The molecule has 0 aromatic carbocycles. The zero-order valence-electron chi connectivity index (χ0n) is 10.5. The van der Waals surface area contributed by atoms with Gasteiger partial charge in [0.2, 0.25) is 5.82 Å². The fourth-order valence-corrected chi connectivity index (χ4v) is 1.52. The third-order valence-electron chi connectivity index (χ3n) is 2.47. The Kier molecular flexibility index (Phi) is 3.83. The van der Waals surface area contributed by atoms with Crippen LogP contribution in [0, 0.1) is 6.92 Å². The molecule has 96 valence electrons. The van der Waals surface area contributed by atoms with Crippen LogP contribution in [-0.4, -0.2) is 45.1 Å². The third-order valence-corrected chi connectivity index (χ3v) is 2.47. The fourth-order valence-electron chi connectivity index (χ4n) is 1.52. The minimum atomic E-state index is -0.280. The number of nitrogens with zero attached hydrogens (tertiary/aromatic N) is 4. The Morgan fingerprint density at radius 3 is 3.00 bits per heavy atom. The van der Waals surface area contributed by atoms with Crippen LogP contribution in [0.1, 0.15) is 23.2 Å². The molecule has 0 unspecified atom stereocenters. The average molecular weight is 248 g/mol. The SMILES string of the molecule is CCNCCNC(=O)c1nc2nccc(C)n2n1. The van der Waals surface area contributed by atoms with Gasteiger partial charge in [0.05, 0.1) is 0 Å². The number of fused-ring (bicyclic) bond motifs is 1. The van der Waals surface area contributed by atoms with Gasteiger partial charge in [-0.15, -0.1) is 5.10 Å². The van der Waals surface area contributed by atoms with Crippen molar-refractivity contribution in [3.05, 3.63) is 23.8 Å². The van der Waals surface area contributed by atoms with E-state index < -0.39 is 0 Å². The quantitative estimate of drug-likeness (QED) is 0.714. The zero-order valence-corrected chi connectivity index (χ0v) is 10.5. The van der Waals surface area contributed by atoms with E-state index in [0.717, 1.165) is 18.8 Å². The van der Waals surface area contributed by atoms with Crippen LogP contribution in [0.4, 0.5) is 0 Å². The van der Waals surface area contributed by atoms with Crippen molar-refractivity contribution in [2.75, 3.05) is 19.6 Å². The highest BCUT2D eigenvalue weighted by atomic mass is 16.2. The summed E-state index contributed by atoms with van der Waals surface area (Å²) in [6.07, 6.45) is 1.65. The summed E-state index contributed by atoms with van der Waals surface area (Å²) in [6, 6.07) is 1.81. The van der Waals surface area contributed by atoms with Gasteiger partial charge in [0.1, 0.15) is 0 Å². The first-order chi connectivity index (χ1) is 8.72. The Hall–Kier alpha value is -2.02. The number of nitrogens with one attached hydrogen (secondary N) is 2. The number of likely N-dealkylation sites (N-methyl/N-ethyl adjacent to an activating group) is 1. The molecule has 0 atom stereocenters. The van der Waals surface area contributed by atoms with E-state index in [0.29, 0.717) is 12.3 Å². The smallest absolute Gasteiger partial charge is 0.291 e. The van der Waals surface area contributed by atoms with Gasteiger partial charge in [-0.1, -0.05) is 6.92 Å². The molecule has 2 heterocycles. The van der Waals surface area contributed by atoms with Crippen LogP contribution in [0.2, 0.25) is 0 Å². The number of hydrogen-bond donors (Lipinski definition) is 2. The largest absolute Gasteiger partial charge is 0.348 e. The van der Waals surface area contributed by atoms with E-state index >= 15 is 0 Å². The highest BCUT2D eigenvalue weighted by Crippen LogP contribution is 2.01. The van der Waals surface area contributed by atoms with E-state index in [4.69, 9.17) is 0 Å². The van der Waals surface area contributed by atoms with Crippen molar-refractivity contribution in [3.63, 3.8) is 0 Å². The number of hydrogen-bond acceptors (Lipinski definition) is 5. The topological polar surface area (TPSA) is 84.2 Å². The first kappa shape index (κ1) is 12.4. The monoisotopic (exact) mass is 248 g/mol. The minimum Gasteiger partial charge on any atom is -0.348 e. The Morgan fingerprint density at radius 2 is 2.28 bits per heavy atom. The maximum Gasteiger partial charge on any atom is 0.291 e. The van der Waals surface area contributed by atoms with Crippen molar-refractivity contribution in [1.82, 2.24) is 30.2 Å². The van der Waals surface area contributed by atoms with Gasteiger partial charge >= 0.3 is 0 Å². The molecule has 0 spiro atoms. The van der Waals surface area contributed by atoms with Crippen LogP contribution in [0.3, 0.4) is 0 Å². The Balaban J connectivity index is 2.06. The first-order valence-electron chi connectivity index (χ1n) is 5.89. The molecule has 0 fully saturated rings. The van der Waals surface area contributed by atoms with Gasteiger partial charge in [-0.05, 0) is 19.5 Å². The van der Waals surface area contributed by atoms with Crippen molar-refractivity contribution >= 4 is 11.7 Å². The molecule has 0 saturated carbocycles. The highest BCUT2D eigenvalue weighted by molar-refractivity contribution is 5.90. The van der Waals surface area contributed by atoms with Gasteiger partial charge in [-0.3, -0.25) is 4.79 Å². The zero-order chi connectivity index (χ0) is 13.0. The number of carbonyl (C=O) groups excluding carboxylic acids is 1. The first-order valence-corrected chi connectivity index (χ1v) is 5.89. The second-order valence-corrected chi connectivity index (χ2v) is 3.84. The van der Waals surface area contributed by atoms with Crippen LogP contribution < -0.4 is 10.6 Å². The lowest BCUT2D eigenvalue weighted by Gasteiger charge is -2.02. The van der Waals surface area contributed by atoms with Gasteiger partial charge in [0.25, 0.3) is 11.7 Å². The average Bonchev–Trinajstić information content (AvgIpc) is 2.80. The Labute approximate surface area is 105 Å². The summed E-state index contributed by atoms with van der Waals surface area (Å²) in [7, 11) is 0. The molecule has 2 aromatic heterocycles. The standard InChI is InChI=1S/C11H16N6O/c1-3-12-6-7-13-10(18)9-15-11-14-5-4-8(2)17(11)16-9/h4-5,12H,3,6-7H2,1-2H3,(H,13,18). The van der Waals surface area contributed by atoms with Crippen molar-refractivity contribution < 1.29 is 4.79 Å². The van der Waals surface area contributed by atoms with Crippen LogP contribution in [-0.2, 0) is 0 Å². The second kappa shape index (κ2) is 5.54. The summed E-state index contributed by atoms with van der Waals surface area (Å²) >= 11 is 0. The molecule has 0 aliphatic heterocycles. The molecule has 0 saturated heterocycles. The van der Waals surface area contributed by atoms with E-state index in [2.05, 4.69) is 25.7 Å². The molecule has 0 bridgehead atoms. The van der Waals surface area contributed by atoms with Crippen molar-refractivity contribution in [1.29, 1.82) is 0 Å². The fraction of sp³-hybridized carbons (Fsp3) is 0.455. The number of aromatic nitrogens is 4. The molecule has 2 N–H and O–H groups in total. The lowest BCUT2D eigenvalue weighted by Crippen LogP contribution is -2.32. The van der Waals surface area contributed by atoms with E-state index in [-0.39, 0.29) is 11.7 Å². The Morgan fingerprint density at radius 1 is 1.44 bits per heavy atom. The second-order valence-electron chi connectivity index (χ2n) is 3.84. The number of amides is 1. The number of rotatable bonds is 5. The molecule has 0 aliphatic carbocycles. The van der Waals surface area contributed by atoms with E-state index in [1.54, 1.807) is 10.7 Å². The van der Waals surface area contributed by atoms with Crippen LogP contribution in [0.5, 0.6) is 0 Å². The highest BCUT2D eigenvalue weighted by Gasteiger charge is 2.13. The minimum absolute atomic E-state index is 0.147. The molecular weight excluding hydrogens is 232 g/mol. The molecule has 0 radical (unpaired) electrons. The van der Waals surface area contributed by atoms with Gasteiger partial charge in [-0.25, -0.2) is 9.50 Å². The summed E-state index contributed by atoms with van der Waals surface area (Å²) in [4.78, 5) is 19.9. The third kappa shape index (κ3) is 2.62. The van der Waals surface area contributed by atoms with Crippen LogP contribution in [0.25, 0.3) is 5.78 Å². The van der Waals surface area contributed by atoms with Crippen molar-refractivity contribution in [2.45, 2.75) is 13.8 Å². The summed E-state index contributed by atoms with van der Waals surface area (Å²) in [6.45, 7) is 6.06. The molecule has 2 aromatic rings. The molecular formula is C11H16N6O. The van der Waals surface area contributed by atoms with Gasteiger partial charge in [-0.2, -0.15) is 4.98 Å². The molecule has 18 heavy (non-hydrogen) atoms. The van der Waals surface area contributed by atoms with Gasteiger partial charge in [0.15, 0.2) is 0 Å². The lowest BCUT2D eigenvalue weighted by molar-refractivity contribution is 0.0944. The lowest BCUT2D eigenvalue weighted by atomic mass is 10.5. The molecule has 0 aliphatic rings. The number of carbonyl (C=O) groups is 1. The maximum atomic E-state index is 11.8. The summed E-state index contributed by atoms with van der Waals surface area (Å²) < 4.78 is 1.55. The number of aryl methyl sites for hydroxylation is 1.